The standard InChI is InChI=1S/C19H20ClNO2/c1-23-15-10-8-14(9-11-15)21-18(22)19(12-4-5-13-19)16-6-2-3-7-17(16)20/h2-3,6-11H,4-5,12-13H2,1H3,(H,21,22). The number of carbonyl (C=O) groups excluding carboxylic acids is 1. The molecular formula is C19H20ClNO2. The van der Waals surface area contributed by atoms with Gasteiger partial charge in [-0.25, -0.2) is 0 Å². The lowest BCUT2D eigenvalue weighted by atomic mass is 9.78. The van der Waals surface area contributed by atoms with Crippen LogP contribution >= 0.6 is 11.6 Å². The summed E-state index contributed by atoms with van der Waals surface area (Å²) in [4.78, 5) is 13.0. The first-order valence-corrected chi connectivity index (χ1v) is 8.24. The van der Waals surface area contributed by atoms with E-state index in [2.05, 4.69) is 5.32 Å². The number of halogens is 1. The van der Waals surface area contributed by atoms with Crippen molar-refractivity contribution in [3.8, 4) is 5.75 Å². The van der Waals surface area contributed by atoms with E-state index in [0.29, 0.717) is 5.02 Å². The quantitative estimate of drug-likeness (QED) is 0.875. The molecule has 1 fully saturated rings. The summed E-state index contributed by atoms with van der Waals surface area (Å²) in [5.74, 6) is 0.790. The third kappa shape index (κ3) is 3.06. The number of rotatable bonds is 4. The van der Waals surface area contributed by atoms with Crippen molar-refractivity contribution in [3.05, 3.63) is 59.1 Å². The predicted molar refractivity (Wildman–Crippen MR) is 93.2 cm³/mol. The van der Waals surface area contributed by atoms with Gasteiger partial charge < -0.3 is 10.1 Å². The van der Waals surface area contributed by atoms with Gasteiger partial charge in [0.15, 0.2) is 0 Å². The zero-order valence-electron chi connectivity index (χ0n) is 13.1. The van der Waals surface area contributed by atoms with Crippen LogP contribution in [0.3, 0.4) is 0 Å². The Balaban J connectivity index is 1.89. The zero-order chi connectivity index (χ0) is 16.3. The molecule has 3 nitrogen and oxygen atoms in total. The van der Waals surface area contributed by atoms with E-state index in [1.54, 1.807) is 7.11 Å². The van der Waals surface area contributed by atoms with Crippen LogP contribution in [0.2, 0.25) is 5.02 Å². The van der Waals surface area contributed by atoms with E-state index in [4.69, 9.17) is 16.3 Å². The van der Waals surface area contributed by atoms with Gasteiger partial charge in [0.05, 0.1) is 12.5 Å². The lowest BCUT2D eigenvalue weighted by molar-refractivity contribution is -0.121. The Morgan fingerprint density at radius 3 is 2.35 bits per heavy atom. The molecule has 4 heteroatoms. The molecule has 0 aliphatic heterocycles. The molecule has 2 aromatic rings. The predicted octanol–water partition coefficient (Wildman–Crippen LogP) is 4.80. The number of amides is 1. The van der Waals surface area contributed by atoms with Gasteiger partial charge in [0, 0.05) is 10.7 Å². The second-order valence-corrected chi connectivity index (χ2v) is 6.36. The topological polar surface area (TPSA) is 38.3 Å². The minimum Gasteiger partial charge on any atom is -0.497 e. The fourth-order valence-corrected chi connectivity index (χ4v) is 3.69. The maximum atomic E-state index is 13.0. The van der Waals surface area contributed by atoms with E-state index in [-0.39, 0.29) is 5.91 Å². The van der Waals surface area contributed by atoms with Crippen molar-refractivity contribution >= 4 is 23.2 Å². The maximum Gasteiger partial charge on any atom is 0.235 e. The van der Waals surface area contributed by atoms with Crippen LogP contribution < -0.4 is 10.1 Å². The lowest BCUT2D eigenvalue weighted by Crippen LogP contribution is -2.38. The van der Waals surface area contributed by atoms with Crippen molar-refractivity contribution in [2.24, 2.45) is 0 Å². The van der Waals surface area contributed by atoms with Crippen molar-refractivity contribution in [2.45, 2.75) is 31.1 Å². The number of nitrogens with one attached hydrogen (secondary N) is 1. The molecule has 0 bridgehead atoms. The minimum atomic E-state index is -0.529. The molecule has 120 valence electrons. The number of ether oxygens (including phenoxy) is 1. The Labute approximate surface area is 141 Å². The zero-order valence-corrected chi connectivity index (χ0v) is 13.9. The summed E-state index contributed by atoms with van der Waals surface area (Å²) in [5.41, 5.74) is 1.18. The van der Waals surface area contributed by atoms with Crippen LogP contribution in [0.25, 0.3) is 0 Å². The molecule has 0 saturated heterocycles. The summed E-state index contributed by atoms with van der Waals surface area (Å²) in [6, 6.07) is 15.1. The molecule has 0 aromatic heterocycles. The van der Waals surface area contributed by atoms with E-state index in [1.165, 1.54) is 0 Å². The molecule has 1 amide bonds. The van der Waals surface area contributed by atoms with Gasteiger partial charge in [-0.2, -0.15) is 0 Å². The van der Waals surface area contributed by atoms with Crippen molar-refractivity contribution in [1.82, 2.24) is 0 Å². The molecule has 0 atom stereocenters. The van der Waals surface area contributed by atoms with Crippen LogP contribution in [0, 0.1) is 0 Å². The fourth-order valence-electron chi connectivity index (χ4n) is 3.37. The monoisotopic (exact) mass is 329 g/mol. The SMILES string of the molecule is COc1ccc(NC(=O)C2(c3ccccc3Cl)CCCC2)cc1. The number of hydrogen-bond acceptors (Lipinski definition) is 2. The van der Waals surface area contributed by atoms with Gasteiger partial charge in [-0.1, -0.05) is 42.6 Å². The third-order valence-corrected chi connectivity index (χ3v) is 4.96. The molecule has 3 rings (SSSR count). The Bertz CT molecular complexity index is 691. The van der Waals surface area contributed by atoms with Gasteiger partial charge >= 0.3 is 0 Å². The highest BCUT2D eigenvalue weighted by Gasteiger charge is 2.43. The van der Waals surface area contributed by atoms with Crippen LogP contribution in [0.5, 0.6) is 5.75 Å². The van der Waals surface area contributed by atoms with Gasteiger partial charge in [-0.3, -0.25) is 4.79 Å². The van der Waals surface area contributed by atoms with Crippen molar-refractivity contribution in [1.29, 1.82) is 0 Å². The molecule has 0 unspecified atom stereocenters. The van der Waals surface area contributed by atoms with E-state index in [1.807, 2.05) is 48.5 Å². The second-order valence-electron chi connectivity index (χ2n) is 5.95. The fraction of sp³-hybridized carbons (Fsp3) is 0.316. The van der Waals surface area contributed by atoms with Crippen molar-refractivity contribution in [3.63, 3.8) is 0 Å². The summed E-state index contributed by atoms with van der Waals surface area (Å²) < 4.78 is 5.15. The summed E-state index contributed by atoms with van der Waals surface area (Å²) in [6.45, 7) is 0. The number of methoxy groups -OCH3 is 1. The van der Waals surface area contributed by atoms with E-state index < -0.39 is 5.41 Å². The summed E-state index contributed by atoms with van der Waals surface area (Å²) in [5, 5.41) is 3.71. The highest BCUT2D eigenvalue weighted by molar-refractivity contribution is 6.31. The van der Waals surface area contributed by atoms with Gasteiger partial charge in [0.1, 0.15) is 5.75 Å². The summed E-state index contributed by atoms with van der Waals surface area (Å²) >= 11 is 6.38. The minimum absolute atomic E-state index is 0.0215. The third-order valence-electron chi connectivity index (χ3n) is 4.63. The van der Waals surface area contributed by atoms with E-state index >= 15 is 0 Å². The van der Waals surface area contributed by atoms with Gasteiger partial charge in [-0.05, 0) is 48.7 Å². The molecule has 0 radical (unpaired) electrons. The highest BCUT2D eigenvalue weighted by atomic mass is 35.5. The normalized spacial score (nSPS) is 16.1. The smallest absolute Gasteiger partial charge is 0.235 e. The van der Waals surface area contributed by atoms with Crippen LogP contribution in [0.4, 0.5) is 5.69 Å². The first kappa shape index (κ1) is 15.9. The van der Waals surface area contributed by atoms with Crippen LogP contribution in [-0.2, 0) is 10.2 Å². The average molecular weight is 330 g/mol. The molecular weight excluding hydrogens is 310 g/mol. The average Bonchev–Trinajstić information content (AvgIpc) is 3.07. The molecule has 1 aliphatic rings. The summed E-state index contributed by atoms with van der Waals surface area (Å²) in [6.07, 6.45) is 3.75. The molecule has 1 N–H and O–H groups in total. The molecule has 0 spiro atoms. The molecule has 2 aromatic carbocycles. The second kappa shape index (κ2) is 6.63. The van der Waals surface area contributed by atoms with Crippen molar-refractivity contribution in [2.75, 3.05) is 12.4 Å². The van der Waals surface area contributed by atoms with E-state index in [0.717, 1.165) is 42.7 Å². The molecule has 1 saturated carbocycles. The molecule has 1 aliphatic carbocycles. The largest absolute Gasteiger partial charge is 0.497 e. The van der Waals surface area contributed by atoms with Crippen LogP contribution in [0.1, 0.15) is 31.2 Å². The van der Waals surface area contributed by atoms with Gasteiger partial charge in [-0.15, -0.1) is 0 Å². The first-order valence-electron chi connectivity index (χ1n) is 7.86. The first-order chi connectivity index (χ1) is 11.2. The molecule has 0 heterocycles. The number of hydrogen-bond donors (Lipinski definition) is 1. The Hall–Kier alpha value is -2.00. The number of benzene rings is 2. The maximum absolute atomic E-state index is 13.0. The molecule has 23 heavy (non-hydrogen) atoms. The Morgan fingerprint density at radius 1 is 1.09 bits per heavy atom. The van der Waals surface area contributed by atoms with Crippen LogP contribution in [-0.4, -0.2) is 13.0 Å². The van der Waals surface area contributed by atoms with Gasteiger partial charge in [0.2, 0.25) is 5.91 Å². The number of carbonyl (C=O) groups is 1. The summed E-state index contributed by atoms with van der Waals surface area (Å²) in [7, 11) is 1.62. The lowest BCUT2D eigenvalue weighted by Gasteiger charge is -2.29. The number of anilines is 1. The van der Waals surface area contributed by atoms with E-state index in [9.17, 15) is 4.79 Å². The highest BCUT2D eigenvalue weighted by Crippen LogP contribution is 2.44. The van der Waals surface area contributed by atoms with Gasteiger partial charge in [0.25, 0.3) is 0 Å². The Morgan fingerprint density at radius 2 is 1.74 bits per heavy atom. The van der Waals surface area contributed by atoms with Crippen LogP contribution in [0.15, 0.2) is 48.5 Å². The Kier molecular flexibility index (Phi) is 4.58. The van der Waals surface area contributed by atoms with Crippen molar-refractivity contribution < 1.29 is 9.53 Å².